The van der Waals surface area contributed by atoms with Gasteiger partial charge in [0.05, 0.1) is 0 Å². The molecule has 1 aliphatic rings. The van der Waals surface area contributed by atoms with E-state index in [1.807, 2.05) is 30.3 Å². The molecule has 1 aromatic carbocycles. The molecule has 1 aromatic rings. The Morgan fingerprint density at radius 3 is 2.57 bits per heavy atom. The number of rotatable bonds is 1. The van der Waals surface area contributed by atoms with E-state index in [4.69, 9.17) is 0 Å². The van der Waals surface area contributed by atoms with E-state index in [1.54, 1.807) is 0 Å². The Morgan fingerprint density at radius 1 is 1.14 bits per heavy atom. The summed E-state index contributed by atoms with van der Waals surface area (Å²) in [7, 11) is 0. The summed E-state index contributed by atoms with van der Waals surface area (Å²) in [5.41, 5.74) is 1.91. The quantitative estimate of drug-likeness (QED) is 0.714. The first-order valence-corrected chi connectivity index (χ1v) is 4.94. The lowest BCUT2D eigenvalue weighted by molar-refractivity contribution is 0.137. The summed E-state index contributed by atoms with van der Waals surface area (Å²) in [6.07, 6.45) is 1.80. The maximum absolute atomic E-state index is 9.72. The summed E-state index contributed by atoms with van der Waals surface area (Å²) in [4.78, 5) is 0. The fourth-order valence-electron chi connectivity index (χ4n) is 1.87. The zero-order valence-electron chi connectivity index (χ0n) is 7.98. The lowest BCUT2D eigenvalue weighted by atomic mass is 9.91. The van der Waals surface area contributed by atoms with E-state index in [0.29, 0.717) is 6.42 Å². The van der Waals surface area contributed by atoms with Gasteiger partial charge in [0.25, 0.3) is 0 Å². The minimum absolute atomic E-state index is 0.155. The van der Waals surface area contributed by atoms with Crippen LogP contribution in [0, 0.1) is 0 Å². The highest BCUT2D eigenvalue weighted by Crippen LogP contribution is 2.30. The van der Waals surface area contributed by atoms with Gasteiger partial charge in [0, 0.05) is 0 Å². The number of benzene rings is 1. The van der Waals surface area contributed by atoms with Crippen LogP contribution in [0.5, 0.6) is 0 Å². The molecule has 0 saturated carbocycles. The van der Waals surface area contributed by atoms with E-state index in [2.05, 4.69) is 0 Å². The van der Waals surface area contributed by atoms with Crippen molar-refractivity contribution in [2.24, 2.45) is 0 Å². The van der Waals surface area contributed by atoms with Gasteiger partial charge in [0.15, 0.2) is 0 Å². The molecule has 74 valence electrons. The molecular formula is C12H14O2. The van der Waals surface area contributed by atoms with Gasteiger partial charge in [0.1, 0.15) is 11.9 Å². The molecule has 0 spiro atoms. The third kappa shape index (κ3) is 1.66. The molecule has 2 rings (SSSR count). The van der Waals surface area contributed by atoms with Crippen molar-refractivity contribution in [1.29, 1.82) is 0 Å². The van der Waals surface area contributed by atoms with E-state index in [0.717, 1.165) is 24.0 Å². The molecule has 0 amide bonds. The zero-order valence-corrected chi connectivity index (χ0v) is 7.98. The first-order chi connectivity index (χ1) is 6.79. The standard InChI is InChI=1S/C12H14O2/c13-11-8-4-7-10(12(11)14)9-5-2-1-3-6-9/h1-3,5-6,11,13-14H,4,7-8H2. The average Bonchev–Trinajstić information content (AvgIpc) is 2.23. The third-order valence-electron chi connectivity index (χ3n) is 2.65. The number of hydrogen-bond donors (Lipinski definition) is 2. The minimum atomic E-state index is -0.668. The van der Waals surface area contributed by atoms with E-state index in [-0.39, 0.29) is 5.76 Å². The molecule has 1 aliphatic carbocycles. The van der Waals surface area contributed by atoms with E-state index in [1.165, 1.54) is 0 Å². The highest BCUT2D eigenvalue weighted by atomic mass is 16.3. The summed E-state index contributed by atoms with van der Waals surface area (Å²) < 4.78 is 0. The first kappa shape index (κ1) is 9.28. The van der Waals surface area contributed by atoms with Crippen LogP contribution < -0.4 is 0 Å². The molecule has 0 radical (unpaired) electrons. The van der Waals surface area contributed by atoms with Crippen molar-refractivity contribution in [3.8, 4) is 0 Å². The van der Waals surface area contributed by atoms with Crippen LogP contribution in [0.3, 0.4) is 0 Å². The summed E-state index contributed by atoms with van der Waals surface area (Å²) in [5, 5.41) is 19.2. The molecular weight excluding hydrogens is 176 g/mol. The molecule has 0 aliphatic heterocycles. The van der Waals surface area contributed by atoms with Gasteiger partial charge in [-0.05, 0) is 30.4 Å². The fraction of sp³-hybridized carbons (Fsp3) is 0.333. The van der Waals surface area contributed by atoms with Crippen LogP contribution >= 0.6 is 0 Å². The highest BCUT2D eigenvalue weighted by Gasteiger charge is 2.20. The predicted octanol–water partition coefficient (Wildman–Crippen LogP) is 2.50. The summed E-state index contributed by atoms with van der Waals surface area (Å²) in [6.45, 7) is 0. The van der Waals surface area contributed by atoms with Gasteiger partial charge in [-0.3, -0.25) is 0 Å². The normalized spacial score (nSPS) is 22.5. The van der Waals surface area contributed by atoms with E-state index < -0.39 is 6.10 Å². The molecule has 1 unspecified atom stereocenters. The Morgan fingerprint density at radius 2 is 1.86 bits per heavy atom. The third-order valence-corrected chi connectivity index (χ3v) is 2.65. The van der Waals surface area contributed by atoms with Crippen LogP contribution in [0.2, 0.25) is 0 Å². The van der Waals surface area contributed by atoms with Crippen LogP contribution in [0.15, 0.2) is 36.1 Å². The predicted molar refractivity (Wildman–Crippen MR) is 55.8 cm³/mol. The second-order valence-electron chi connectivity index (χ2n) is 3.64. The average molecular weight is 190 g/mol. The minimum Gasteiger partial charge on any atom is -0.509 e. The van der Waals surface area contributed by atoms with Crippen molar-refractivity contribution in [1.82, 2.24) is 0 Å². The Kier molecular flexibility index (Phi) is 2.55. The molecule has 14 heavy (non-hydrogen) atoms. The molecule has 0 saturated heterocycles. The van der Waals surface area contributed by atoms with Gasteiger partial charge < -0.3 is 10.2 Å². The van der Waals surface area contributed by atoms with Crippen molar-refractivity contribution in [2.75, 3.05) is 0 Å². The highest BCUT2D eigenvalue weighted by molar-refractivity contribution is 5.68. The second kappa shape index (κ2) is 3.84. The lowest BCUT2D eigenvalue weighted by Gasteiger charge is -2.20. The topological polar surface area (TPSA) is 40.5 Å². The zero-order chi connectivity index (χ0) is 9.97. The molecule has 0 aromatic heterocycles. The Bertz CT molecular complexity index is 341. The molecule has 1 atom stereocenters. The molecule has 2 N–H and O–H groups in total. The maximum atomic E-state index is 9.72. The van der Waals surface area contributed by atoms with Crippen LogP contribution in [0.4, 0.5) is 0 Å². The number of aliphatic hydroxyl groups excluding tert-OH is 2. The summed E-state index contributed by atoms with van der Waals surface area (Å²) in [5.74, 6) is 0.155. The molecule has 2 heteroatoms. The molecule has 0 fully saturated rings. The van der Waals surface area contributed by atoms with Gasteiger partial charge in [-0.15, -0.1) is 0 Å². The van der Waals surface area contributed by atoms with Crippen LogP contribution in [0.25, 0.3) is 5.57 Å². The Labute approximate surface area is 83.5 Å². The Hall–Kier alpha value is -1.28. The van der Waals surface area contributed by atoms with Crippen LogP contribution in [0.1, 0.15) is 24.8 Å². The van der Waals surface area contributed by atoms with Gasteiger partial charge in [-0.2, -0.15) is 0 Å². The number of hydrogen-bond acceptors (Lipinski definition) is 2. The summed E-state index contributed by atoms with van der Waals surface area (Å²) in [6, 6.07) is 9.75. The van der Waals surface area contributed by atoms with Crippen molar-refractivity contribution >= 4 is 5.57 Å². The van der Waals surface area contributed by atoms with E-state index in [9.17, 15) is 10.2 Å². The van der Waals surface area contributed by atoms with Crippen LogP contribution in [-0.4, -0.2) is 16.3 Å². The molecule has 2 nitrogen and oxygen atoms in total. The van der Waals surface area contributed by atoms with Gasteiger partial charge in [0.2, 0.25) is 0 Å². The van der Waals surface area contributed by atoms with Crippen molar-refractivity contribution < 1.29 is 10.2 Å². The van der Waals surface area contributed by atoms with Crippen molar-refractivity contribution in [2.45, 2.75) is 25.4 Å². The molecule has 0 bridgehead atoms. The van der Waals surface area contributed by atoms with Gasteiger partial charge in [-0.25, -0.2) is 0 Å². The maximum Gasteiger partial charge on any atom is 0.124 e. The van der Waals surface area contributed by atoms with Gasteiger partial charge >= 0.3 is 0 Å². The van der Waals surface area contributed by atoms with E-state index >= 15 is 0 Å². The Balaban J connectivity index is 2.38. The van der Waals surface area contributed by atoms with Crippen molar-refractivity contribution in [3.05, 3.63) is 41.7 Å². The number of aliphatic hydroxyl groups is 2. The summed E-state index contributed by atoms with van der Waals surface area (Å²) >= 11 is 0. The van der Waals surface area contributed by atoms with Crippen LogP contribution in [-0.2, 0) is 0 Å². The fourth-order valence-corrected chi connectivity index (χ4v) is 1.87. The largest absolute Gasteiger partial charge is 0.509 e. The first-order valence-electron chi connectivity index (χ1n) is 4.94. The lowest BCUT2D eigenvalue weighted by Crippen LogP contribution is -2.16. The second-order valence-corrected chi connectivity index (χ2v) is 3.64. The van der Waals surface area contributed by atoms with Gasteiger partial charge in [-0.1, -0.05) is 30.3 Å². The smallest absolute Gasteiger partial charge is 0.124 e. The SMILES string of the molecule is OC1=C(c2ccccc2)CCCC1O. The monoisotopic (exact) mass is 190 g/mol. The molecule has 0 heterocycles. The van der Waals surface area contributed by atoms with Crippen molar-refractivity contribution in [3.63, 3.8) is 0 Å². The number of allylic oxidation sites excluding steroid dienone is 1.